The Kier molecular flexibility index (Phi) is 3.63. The van der Waals surface area contributed by atoms with Crippen LogP contribution < -0.4 is 5.73 Å². The number of carbonyl (C=O) groups excluding carboxylic acids is 1. The van der Waals surface area contributed by atoms with Gasteiger partial charge < -0.3 is 5.73 Å². The molecule has 1 aromatic heterocycles. The summed E-state index contributed by atoms with van der Waals surface area (Å²) in [6, 6.07) is 3.46. The fourth-order valence-corrected chi connectivity index (χ4v) is 1.21. The quantitative estimate of drug-likeness (QED) is 0.744. The minimum absolute atomic E-state index is 0.0873. The van der Waals surface area contributed by atoms with E-state index in [9.17, 15) is 4.79 Å². The van der Waals surface area contributed by atoms with Gasteiger partial charge in [0.05, 0.1) is 5.56 Å². The number of nitrogens with two attached hydrogens (primary N) is 1. The number of anilines is 1. The molecule has 1 aromatic rings. The number of hydrogen-bond donors (Lipinski definition) is 1. The number of ketones is 1. The van der Waals surface area contributed by atoms with Gasteiger partial charge in [0.2, 0.25) is 0 Å². The third-order valence-corrected chi connectivity index (χ3v) is 2.09. The lowest BCUT2D eigenvalue weighted by Gasteiger charge is -2.05. The highest BCUT2D eigenvalue weighted by atomic mass is 16.1. The van der Waals surface area contributed by atoms with E-state index in [4.69, 9.17) is 5.73 Å². The zero-order valence-electron chi connectivity index (χ0n) is 8.66. The maximum absolute atomic E-state index is 11.6. The van der Waals surface area contributed by atoms with E-state index in [2.05, 4.69) is 18.8 Å². The van der Waals surface area contributed by atoms with E-state index in [1.807, 2.05) is 0 Å². The Hall–Kier alpha value is -1.38. The summed E-state index contributed by atoms with van der Waals surface area (Å²) < 4.78 is 0. The molecule has 0 aliphatic heterocycles. The lowest BCUT2D eigenvalue weighted by atomic mass is 10.0. The largest absolute Gasteiger partial charge is 0.383 e. The van der Waals surface area contributed by atoms with Gasteiger partial charge in [0.15, 0.2) is 5.78 Å². The molecule has 0 radical (unpaired) electrons. The summed E-state index contributed by atoms with van der Waals surface area (Å²) in [5, 5.41) is 0. The van der Waals surface area contributed by atoms with Gasteiger partial charge in [0, 0.05) is 12.6 Å². The number of carbonyl (C=O) groups is 1. The second-order valence-electron chi connectivity index (χ2n) is 3.79. The molecule has 1 rings (SSSR count). The molecule has 3 heteroatoms. The minimum Gasteiger partial charge on any atom is -0.383 e. The van der Waals surface area contributed by atoms with Crippen molar-refractivity contribution in [3.05, 3.63) is 23.9 Å². The molecule has 0 unspecified atom stereocenters. The summed E-state index contributed by atoms with van der Waals surface area (Å²) >= 11 is 0. The van der Waals surface area contributed by atoms with Crippen LogP contribution in [-0.2, 0) is 0 Å². The van der Waals surface area contributed by atoms with Crippen LogP contribution in [0.4, 0.5) is 5.82 Å². The van der Waals surface area contributed by atoms with E-state index in [1.54, 1.807) is 18.3 Å². The summed E-state index contributed by atoms with van der Waals surface area (Å²) in [5.41, 5.74) is 6.15. The van der Waals surface area contributed by atoms with Crippen LogP contribution in [-0.4, -0.2) is 10.8 Å². The fraction of sp³-hybridized carbons (Fsp3) is 0.455. The zero-order chi connectivity index (χ0) is 10.6. The molecule has 3 nitrogen and oxygen atoms in total. The molecule has 0 atom stereocenters. The molecule has 76 valence electrons. The second kappa shape index (κ2) is 4.74. The van der Waals surface area contributed by atoms with Crippen molar-refractivity contribution in [1.29, 1.82) is 0 Å². The average Bonchev–Trinajstić information content (AvgIpc) is 2.15. The molecule has 0 fully saturated rings. The molecule has 0 aliphatic carbocycles. The molecule has 0 spiro atoms. The van der Waals surface area contributed by atoms with Crippen molar-refractivity contribution in [2.75, 3.05) is 5.73 Å². The highest BCUT2D eigenvalue weighted by Crippen LogP contribution is 2.13. The molecule has 14 heavy (non-hydrogen) atoms. The first-order valence-corrected chi connectivity index (χ1v) is 4.85. The van der Waals surface area contributed by atoms with Gasteiger partial charge in [-0.05, 0) is 24.5 Å². The number of nitrogens with zero attached hydrogens (tertiary/aromatic N) is 1. The van der Waals surface area contributed by atoms with E-state index in [1.165, 1.54) is 0 Å². The third kappa shape index (κ3) is 2.83. The molecule has 0 aromatic carbocycles. The molecule has 0 bridgehead atoms. The predicted molar refractivity (Wildman–Crippen MR) is 57.1 cm³/mol. The number of Topliss-reactive ketones (excluding diaryl/α,β-unsaturated/α-hetero) is 1. The van der Waals surface area contributed by atoms with E-state index in [-0.39, 0.29) is 5.78 Å². The highest BCUT2D eigenvalue weighted by molar-refractivity contribution is 5.99. The summed E-state index contributed by atoms with van der Waals surface area (Å²) in [6.45, 7) is 4.19. The van der Waals surface area contributed by atoms with E-state index in [0.29, 0.717) is 23.7 Å². The van der Waals surface area contributed by atoms with Crippen molar-refractivity contribution >= 4 is 11.6 Å². The summed E-state index contributed by atoms with van der Waals surface area (Å²) in [5.74, 6) is 0.961. The predicted octanol–water partition coefficient (Wildman–Crippen LogP) is 2.28. The van der Waals surface area contributed by atoms with Gasteiger partial charge in [-0.1, -0.05) is 13.8 Å². The Morgan fingerprint density at radius 3 is 2.86 bits per heavy atom. The van der Waals surface area contributed by atoms with Crippen LogP contribution in [0.1, 0.15) is 37.0 Å². The summed E-state index contributed by atoms with van der Waals surface area (Å²) in [7, 11) is 0. The maximum Gasteiger partial charge on any atom is 0.166 e. The van der Waals surface area contributed by atoms with Gasteiger partial charge in [0.25, 0.3) is 0 Å². The molecule has 1 heterocycles. The molecule has 0 aliphatic rings. The highest BCUT2D eigenvalue weighted by Gasteiger charge is 2.10. The average molecular weight is 192 g/mol. The van der Waals surface area contributed by atoms with Crippen LogP contribution in [0.15, 0.2) is 18.3 Å². The Labute approximate surface area is 84.3 Å². The van der Waals surface area contributed by atoms with E-state index < -0.39 is 0 Å². The van der Waals surface area contributed by atoms with Crippen molar-refractivity contribution in [2.24, 2.45) is 5.92 Å². The zero-order valence-corrected chi connectivity index (χ0v) is 8.66. The normalized spacial score (nSPS) is 10.5. The van der Waals surface area contributed by atoms with Crippen molar-refractivity contribution in [3.63, 3.8) is 0 Å². The molecule has 0 saturated carbocycles. The smallest absolute Gasteiger partial charge is 0.166 e. The van der Waals surface area contributed by atoms with Gasteiger partial charge in [-0.25, -0.2) is 4.98 Å². The van der Waals surface area contributed by atoms with Crippen LogP contribution in [0.5, 0.6) is 0 Å². The second-order valence-corrected chi connectivity index (χ2v) is 3.79. The minimum atomic E-state index is 0.0873. The van der Waals surface area contributed by atoms with Gasteiger partial charge >= 0.3 is 0 Å². The van der Waals surface area contributed by atoms with Crippen molar-refractivity contribution in [1.82, 2.24) is 4.98 Å². The van der Waals surface area contributed by atoms with Crippen LogP contribution in [0.3, 0.4) is 0 Å². The molecule has 0 saturated heterocycles. The van der Waals surface area contributed by atoms with E-state index >= 15 is 0 Å². The standard InChI is InChI=1S/C11H16N2O/c1-8(2)5-6-10(14)9-4-3-7-13-11(9)12/h3-4,7-8H,5-6H2,1-2H3,(H2,12,13). The molecule has 0 amide bonds. The lowest BCUT2D eigenvalue weighted by molar-refractivity contribution is 0.0976. The first-order valence-electron chi connectivity index (χ1n) is 4.85. The summed E-state index contributed by atoms with van der Waals surface area (Å²) in [6.07, 6.45) is 3.04. The van der Waals surface area contributed by atoms with Gasteiger partial charge in [-0.2, -0.15) is 0 Å². The molecular formula is C11H16N2O. The number of rotatable bonds is 4. The Bertz CT molecular complexity index is 321. The number of nitrogen functional groups attached to an aromatic ring is 1. The van der Waals surface area contributed by atoms with Crippen LogP contribution in [0, 0.1) is 5.92 Å². The van der Waals surface area contributed by atoms with E-state index in [0.717, 1.165) is 6.42 Å². The van der Waals surface area contributed by atoms with Gasteiger partial charge in [-0.15, -0.1) is 0 Å². The van der Waals surface area contributed by atoms with Gasteiger partial charge in [-0.3, -0.25) is 4.79 Å². The van der Waals surface area contributed by atoms with Crippen molar-refractivity contribution < 1.29 is 4.79 Å². The topological polar surface area (TPSA) is 56.0 Å². The first-order chi connectivity index (χ1) is 6.61. The Morgan fingerprint density at radius 1 is 1.57 bits per heavy atom. The monoisotopic (exact) mass is 192 g/mol. The first kappa shape index (κ1) is 10.7. The third-order valence-electron chi connectivity index (χ3n) is 2.09. The maximum atomic E-state index is 11.6. The Morgan fingerprint density at radius 2 is 2.29 bits per heavy atom. The lowest BCUT2D eigenvalue weighted by Crippen LogP contribution is -2.06. The Balaban J connectivity index is 2.65. The SMILES string of the molecule is CC(C)CCC(=O)c1cccnc1N. The van der Waals surface area contributed by atoms with Crippen molar-refractivity contribution in [2.45, 2.75) is 26.7 Å². The number of aromatic nitrogens is 1. The number of pyridine rings is 1. The van der Waals surface area contributed by atoms with Crippen molar-refractivity contribution in [3.8, 4) is 0 Å². The van der Waals surface area contributed by atoms with Crippen LogP contribution >= 0.6 is 0 Å². The van der Waals surface area contributed by atoms with Gasteiger partial charge in [0.1, 0.15) is 5.82 Å². The van der Waals surface area contributed by atoms with Crippen LogP contribution in [0.2, 0.25) is 0 Å². The summed E-state index contributed by atoms with van der Waals surface area (Å²) in [4.78, 5) is 15.5. The van der Waals surface area contributed by atoms with Crippen LogP contribution in [0.25, 0.3) is 0 Å². The fourth-order valence-electron chi connectivity index (χ4n) is 1.21. The number of hydrogen-bond acceptors (Lipinski definition) is 3. The molecule has 2 N–H and O–H groups in total. The molecular weight excluding hydrogens is 176 g/mol.